The van der Waals surface area contributed by atoms with E-state index in [-0.39, 0.29) is 31.1 Å². The van der Waals surface area contributed by atoms with Crippen molar-refractivity contribution >= 4 is 17.9 Å². The van der Waals surface area contributed by atoms with Crippen molar-refractivity contribution in [3.8, 4) is 0 Å². The predicted molar refractivity (Wildman–Crippen MR) is 294 cm³/mol. The number of unbranched alkanes of at least 4 members (excludes halogenated alkanes) is 47. The van der Waals surface area contributed by atoms with E-state index in [1.165, 1.54) is 263 Å². The number of hydrogen-bond donors (Lipinski definition) is 0. The van der Waals surface area contributed by atoms with E-state index in [0.717, 1.165) is 57.8 Å². The Labute approximate surface area is 425 Å². The Hall–Kier alpha value is -1.59. The summed E-state index contributed by atoms with van der Waals surface area (Å²) in [5.41, 5.74) is 0. The molecule has 0 N–H and O–H groups in total. The molecule has 0 amide bonds. The van der Waals surface area contributed by atoms with Gasteiger partial charge in [-0.15, -0.1) is 0 Å². The molecule has 0 bridgehead atoms. The number of hydrogen-bond acceptors (Lipinski definition) is 6. The van der Waals surface area contributed by atoms with Gasteiger partial charge in [-0.05, 0) is 19.3 Å². The van der Waals surface area contributed by atoms with Crippen molar-refractivity contribution in [1.29, 1.82) is 0 Å². The highest BCUT2D eigenvalue weighted by molar-refractivity contribution is 5.71. The van der Waals surface area contributed by atoms with Crippen LogP contribution in [0.5, 0.6) is 0 Å². The Balaban J connectivity index is 4.26. The van der Waals surface area contributed by atoms with Gasteiger partial charge in [0.2, 0.25) is 0 Å². The molecule has 68 heavy (non-hydrogen) atoms. The highest BCUT2D eigenvalue weighted by Gasteiger charge is 2.19. The fourth-order valence-corrected chi connectivity index (χ4v) is 9.68. The Kier molecular flexibility index (Phi) is 56.6. The minimum Gasteiger partial charge on any atom is -0.462 e. The van der Waals surface area contributed by atoms with Gasteiger partial charge in [-0.3, -0.25) is 14.4 Å². The second kappa shape index (κ2) is 58.0. The third-order valence-electron chi connectivity index (χ3n) is 14.4. The quantitative estimate of drug-likeness (QED) is 0.0343. The van der Waals surface area contributed by atoms with Crippen molar-refractivity contribution in [2.75, 3.05) is 13.2 Å². The largest absolute Gasteiger partial charge is 0.462 e. The third kappa shape index (κ3) is 55.3. The molecule has 0 saturated heterocycles. The SMILES string of the molecule is CCCCCCCCCCCCCCCCCCCCCCC(=O)OCC(COC(=O)CCCCCCCCCCCCCCCC)OC(=O)CCCCCCCCCCCCCCCCCC. The number of carbonyl (C=O) groups excluding carboxylic acids is 3. The van der Waals surface area contributed by atoms with Gasteiger partial charge in [-0.2, -0.15) is 0 Å². The molecule has 0 fully saturated rings. The fraction of sp³-hybridized carbons (Fsp3) is 0.952. The minimum absolute atomic E-state index is 0.0607. The molecule has 0 aliphatic heterocycles. The minimum atomic E-state index is -0.761. The molecule has 0 radical (unpaired) electrons. The van der Waals surface area contributed by atoms with Gasteiger partial charge in [0, 0.05) is 19.3 Å². The summed E-state index contributed by atoms with van der Waals surface area (Å²) < 4.78 is 16.9. The lowest BCUT2D eigenvalue weighted by Crippen LogP contribution is -2.30. The number of ether oxygens (including phenoxy) is 3. The summed E-state index contributed by atoms with van der Waals surface area (Å²) in [7, 11) is 0. The number of carbonyl (C=O) groups is 3. The molecule has 0 aromatic carbocycles. The van der Waals surface area contributed by atoms with E-state index in [0.29, 0.717) is 19.3 Å². The standard InChI is InChI=1S/C62H120O6/c1-4-7-10-13-16-19-22-25-28-30-31-32-33-35-37-40-43-46-49-52-55-61(64)67-58-59(57-66-60(63)54-51-48-45-42-39-36-27-24-21-18-15-12-9-6-3)68-62(65)56-53-50-47-44-41-38-34-29-26-23-20-17-14-11-8-5-2/h59H,4-58H2,1-3H3. The van der Waals surface area contributed by atoms with Crippen LogP contribution in [0.25, 0.3) is 0 Å². The summed E-state index contributed by atoms with van der Waals surface area (Å²) in [6, 6.07) is 0. The van der Waals surface area contributed by atoms with Crippen LogP contribution in [0.4, 0.5) is 0 Å². The van der Waals surface area contributed by atoms with Crippen LogP contribution < -0.4 is 0 Å². The maximum Gasteiger partial charge on any atom is 0.306 e. The number of esters is 3. The van der Waals surface area contributed by atoms with Crippen LogP contribution in [0.15, 0.2) is 0 Å². The van der Waals surface area contributed by atoms with Gasteiger partial charge in [0.25, 0.3) is 0 Å². The van der Waals surface area contributed by atoms with Crippen molar-refractivity contribution in [2.45, 2.75) is 367 Å². The summed E-state index contributed by atoms with van der Waals surface area (Å²) in [6.07, 6.45) is 65.3. The Bertz CT molecular complexity index is 1010. The van der Waals surface area contributed by atoms with Crippen molar-refractivity contribution < 1.29 is 28.6 Å². The van der Waals surface area contributed by atoms with Crippen LogP contribution >= 0.6 is 0 Å². The van der Waals surface area contributed by atoms with Crippen LogP contribution in [0.3, 0.4) is 0 Å². The molecule has 0 spiro atoms. The lowest BCUT2D eigenvalue weighted by molar-refractivity contribution is -0.167. The van der Waals surface area contributed by atoms with Gasteiger partial charge in [0.1, 0.15) is 13.2 Å². The predicted octanol–water partition coefficient (Wildman–Crippen LogP) is 20.7. The van der Waals surface area contributed by atoms with Crippen LogP contribution in [0.2, 0.25) is 0 Å². The lowest BCUT2D eigenvalue weighted by atomic mass is 10.0. The highest BCUT2D eigenvalue weighted by Crippen LogP contribution is 2.18. The lowest BCUT2D eigenvalue weighted by Gasteiger charge is -2.18. The van der Waals surface area contributed by atoms with Crippen LogP contribution in [-0.4, -0.2) is 37.2 Å². The zero-order valence-electron chi connectivity index (χ0n) is 46.4. The first-order chi connectivity index (χ1) is 33.5. The molecule has 6 nitrogen and oxygen atoms in total. The zero-order valence-corrected chi connectivity index (χ0v) is 46.4. The average Bonchev–Trinajstić information content (AvgIpc) is 3.34. The van der Waals surface area contributed by atoms with Gasteiger partial charge in [-0.1, -0.05) is 323 Å². The normalized spacial score (nSPS) is 11.9. The molecule has 0 aromatic heterocycles. The van der Waals surface area contributed by atoms with E-state index in [2.05, 4.69) is 20.8 Å². The average molecular weight is 962 g/mol. The van der Waals surface area contributed by atoms with E-state index in [4.69, 9.17) is 14.2 Å². The zero-order chi connectivity index (χ0) is 49.3. The monoisotopic (exact) mass is 961 g/mol. The second-order valence-electron chi connectivity index (χ2n) is 21.3. The molecular formula is C62H120O6. The smallest absolute Gasteiger partial charge is 0.306 e. The molecule has 404 valence electrons. The first kappa shape index (κ1) is 66.4. The summed E-state index contributed by atoms with van der Waals surface area (Å²) >= 11 is 0. The summed E-state index contributed by atoms with van der Waals surface area (Å²) in [5, 5.41) is 0. The Morgan fingerprint density at radius 1 is 0.235 bits per heavy atom. The van der Waals surface area contributed by atoms with Crippen molar-refractivity contribution in [3.05, 3.63) is 0 Å². The topological polar surface area (TPSA) is 78.9 Å². The van der Waals surface area contributed by atoms with Gasteiger partial charge in [-0.25, -0.2) is 0 Å². The van der Waals surface area contributed by atoms with E-state index in [9.17, 15) is 14.4 Å². The fourth-order valence-electron chi connectivity index (χ4n) is 9.68. The highest BCUT2D eigenvalue weighted by atomic mass is 16.6. The number of rotatable bonds is 58. The molecule has 0 saturated carbocycles. The van der Waals surface area contributed by atoms with Crippen LogP contribution in [0, 0.1) is 0 Å². The maximum atomic E-state index is 12.9. The summed E-state index contributed by atoms with van der Waals surface area (Å²) in [6.45, 7) is 6.72. The van der Waals surface area contributed by atoms with Gasteiger partial charge in [0.05, 0.1) is 0 Å². The second-order valence-corrected chi connectivity index (χ2v) is 21.3. The van der Waals surface area contributed by atoms with Crippen LogP contribution in [0.1, 0.15) is 361 Å². The Morgan fingerprint density at radius 2 is 0.397 bits per heavy atom. The van der Waals surface area contributed by atoms with Crippen molar-refractivity contribution in [2.24, 2.45) is 0 Å². The summed E-state index contributed by atoms with van der Waals surface area (Å²) in [4.78, 5) is 38.2. The van der Waals surface area contributed by atoms with E-state index >= 15 is 0 Å². The van der Waals surface area contributed by atoms with E-state index in [1.54, 1.807) is 0 Å². The molecule has 0 heterocycles. The molecule has 0 aliphatic carbocycles. The van der Waals surface area contributed by atoms with Crippen molar-refractivity contribution in [3.63, 3.8) is 0 Å². The molecular weight excluding hydrogens is 841 g/mol. The van der Waals surface area contributed by atoms with E-state index in [1.807, 2.05) is 0 Å². The Morgan fingerprint density at radius 3 is 0.588 bits per heavy atom. The molecule has 6 heteroatoms. The molecule has 0 rings (SSSR count). The van der Waals surface area contributed by atoms with Gasteiger partial charge in [0.15, 0.2) is 6.10 Å². The molecule has 0 aliphatic rings. The maximum absolute atomic E-state index is 12.9. The first-order valence-corrected chi connectivity index (χ1v) is 31.0. The molecule has 0 aromatic rings. The molecule has 1 atom stereocenters. The van der Waals surface area contributed by atoms with Crippen molar-refractivity contribution in [1.82, 2.24) is 0 Å². The van der Waals surface area contributed by atoms with E-state index < -0.39 is 6.10 Å². The van der Waals surface area contributed by atoms with Crippen LogP contribution in [-0.2, 0) is 28.6 Å². The van der Waals surface area contributed by atoms with Gasteiger partial charge >= 0.3 is 17.9 Å². The van der Waals surface area contributed by atoms with Gasteiger partial charge < -0.3 is 14.2 Å². The first-order valence-electron chi connectivity index (χ1n) is 31.0. The third-order valence-corrected chi connectivity index (χ3v) is 14.4. The summed E-state index contributed by atoms with van der Waals surface area (Å²) in [5.74, 6) is -0.827. The molecule has 1 unspecified atom stereocenters.